The molecule has 0 saturated carbocycles. The highest BCUT2D eigenvalue weighted by Gasteiger charge is 1.99. The molecular formula is C7H11N3S. The number of hydrogen-bond donors (Lipinski definition) is 1. The molecule has 4 heteroatoms. The lowest BCUT2D eigenvalue weighted by Crippen LogP contribution is -2.01. The van der Waals surface area contributed by atoms with Gasteiger partial charge < -0.3 is 0 Å². The van der Waals surface area contributed by atoms with E-state index >= 15 is 0 Å². The molecule has 0 aliphatic rings. The van der Waals surface area contributed by atoms with E-state index < -0.39 is 0 Å². The predicted octanol–water partition coefficient (Wildman–Crippen LogP) is 1.66. The van der Waals surface area contributed by atoms with Gasteiger partial charge >= 0.3 is 0 Å². The van der Waals surface area contributed by atoms with Crippen molar-refractivity contribution < 1.29 is 0 Å². The maximum atomic E-state index is 4.84. The summed E-state index contributed by atoms with van der Waals surface area (Å²) in [4.78, 5) is 4.16. The number of aryl methyl sites for hydroxylation is 2. The first kappa shape index (κ1) is 8.33. The topological polar surface area (TPSA) is 41.6 Å². The molecule has 11 heavy (non-hydrogen) atoms. The molecule has 1 aromatic heterocycles. The van der Waals surface area contributed by atoms with Crippen LogP contribution in [0.15, 0.2) is 0 Å². The van der Waals surface area contributed by atoms with Crippen molar-refractivity contribution in [2.75, 3.05) is 0 Å². The molecule has 0 amide bonds. The van der Waals surface area contributed by atoms with E-state index in [1.807, 2.05) is 0 Å². The van der Waals surface area contributed by atoms with Crippen molar-refractivity contribution in [1.82, 2.24) is 15.2 Å². The molecular weight excluding hydrogens is 158 g/mol. The lowest BCUT2D eigenvalue weighted by molar-refractivity contribution is 0.810. The van der Waals surface area contributed by atoms with Crippen LogP contribution in [0.25, 0.3) is 0 Å². The van der Waals surface area contributed by atoms with Gasteiger partial charge in [-0.3, -0.25) is 5.10 Å². The Morgan fingerprint density at radius 2 is 1.91 bits per heavy atom. The highest BCUT2D eigenvalue weighted by Crippen LogP contribution is 2.01. The smallest absolute Gasteiger partial charge is 0.213 e. The molecule has 0 spiro atoms. The molecule has 1 N–H and O–H groups in total. The molecule has 3 nitrogen and oxygen atoms in total. The first-order chi connectivity index (χ1) is 5.27. The van der Waals surface area contributed by atoms with E-state index in [-0.39, 0.29) is 0 Å². The standard InChI is InChI=1S/C7H11N3S/c1-3-5-6(4-2)9-10-7(11)8-5/h3-4H2,1-2H3,(H,8,10,11). The van der Waals surface area contributed by atoms with Crippen LogP contribution in [-0.2, 0) is 12.8 Å². The third-order valence-electron chi connectivity index (χ3n) is 1.53. The van der Waals surface area contributed by atoms with E-state index in [0.717, 1.165) is 24.2 Å². The molecule has 0 atom stereocenters. The van der Waals surface area contributed by atoms with Gasteiger partial charge in [-0.25, -0.2) is 4.98 Å². The van der Waals surface area contributed by atoms with Crippen molar-refractivity contribution in [3.05, 3.63) is 16.2 Å². The number of rotatable bonds is 2. The third kappa shape index (κ3) is 1.83. The van der Waals surface area contributed by atoms with E-state index in [2.05, 4.69) is 29.0 Å². The van der Waals surface area contributed by atoms with Crippen LogP contribution in [0.3, 0.4) is 0 Å². The fourth-order valence-electron chi connectivity index (χ4n) is 0.958. The summed E-state index contributed by atoms with van der Waals surface area (Å²) in [5.74, 6) is 0. The number of aromatic amines is 1. The predicted molar refractivity (Wildman–Crippen MR) is 46.0 cm³/mol. The van der Waals surface area contributed by atoms with E-state index in [1.54, 1.807) is 0 Å². The SMILES string of the molecule is CCc1n[nH]c(=S)nc1CC. The van der Waals surface area contributed by atoms with E-state index in [9.17, 15) is 0 Å². The van der Waals surface area contributed by atoms with Gasteiger partial charge in [-0.2, -0.15) is 5.10 Å². The van der Waals surface area contributed by atoms with Crippen molar-refractivity contribution in [2.24, 2.45) is 0 Å². The number of nitrogens with zero attached hydrogens (tertiary/aromatic N) is 2. The van der Waals surface area contributed by atoms with Gasteiger partial charge in [0.15, 0.2) is 0 Å². The number of nitrogens with one attached hydrogen (secondary N) is 1. The first-order valence-corrected chi connectivity index (χ1v) is 4.13. The Morgan fingerprint density at radius 1 is 1.27 bits per heavy atom. The number of aromatic nitrogens is 3. The average molecular weight is 169 g/mol. The second-order valence-corrected chi connectivity index (χ2v) is 2.63. The van der Waals surface area contributed by atoms with Gasteiger partial charge in [0.2, 0.25) is 4.77 Å². The maximum Gasteiger partial charge on any atom is 0.213 e. The minimum atomic E-state index is 0.471. The van der Waals surface area contributed by atoms with Gasteiger partial charge in [-0.15, -0.1) is 0 Å². The Hall–Kier alpha value is -0.770. The molecule has 0 fully saturated rings. The maximum absolute atomic E-state index is 4.84. The summed E-state index contributed by atoms with van der Waals surface area (Å²) in [5, 5.41) is 6.76. The van der Waals surface area contributed by atoms with Crippen LogP contribution in [0.4, 0.5) is 0 Å². The molecule has 1 aromatic rings. The minimum Gasteiger partial charge on any atom is -0.252 e. The largest absolute Gasteiger partial charge is 0.252 e. The second kappa shape index (κ2) is 3.57. The van der Waals surface area contributed by atoms with Crippen LogP contribution in [0.2, 0.25) is 0 Å². The molecule has 0 radical (unpaired) electrons. The Balaban J connectivity index is 3.16. The Labute approximate surface area is 70.9 Å². The van der Waals surface area contributed by atoms with Crippen molar-refractivity contribution in [2.45, 2.75) is 26.7 Å². The summed E-state index contributed by atoms with van der Waals surface area (Å²) in [5.41, 5.74) is 2.03. The lowest BCUT2D eigenvalue weighted by Gasteiger charge is -2.00. The molecule has 0 saturated heterocycles. The van der Waals surface area contributed by atoms with Crippen LogP contribution in [-0.4, -0.2) is 15.2 Å². The highest BCUT2D eigenvalue weighted by atomic mass is 32.1. The normalized spacial score (nSPS) is 10.0. The zero-order valence-corrected chi connectivity index (χ0v) is 7.53. The minimum absolute atomic E-state index is 0.471. The van der Waals surface area contributed by atoms with Crippen molar-refractivity contribution >= 4 is 12.2 Å². The average Bonchev–Trinajstić information content (AvgIpc) is 2.04. The van der Waals surface area contributed by atoms with Crippen LogP contribution in [0, 0.1) is 4.77 Å². The Morgan fingerprint density at radius 3 is 2.45 bits per heavy atom. The summed E-state index contributed by atoms with van der Waals surface area (Å²) >= 11 is 4.84. The molecule has 0 aliphatic heterocycles. The van der Waals surface area contributed by atoms with Crippen molar-refractivity contribution in [3.8, 4) is 0 Å². The summed E-state index contributed by atoms with van der Waals surface area (Å²) in [6.45, 7) is 4.11. The lowest BCUT2D eigenvalue weighted by atomic mass is 10.2. The van der Waals surface area contributed by atoms with Crippen LogP contribution >= 0.6 is 12.2 Å². The fraction of sp³-hybridized carbons (Fsp3) is 0.571. The molecule has 0 unspecified atom stereocenters. The molecule has 0 aromatic carbocycles. The zero-order chi connectivity index (χ0) is 8.27. The quantitative estimate of drug-likeness (QED) is 0.684. The Bertz CT molecular complexity index is 292. The summed E-state index contributed by atoms with van der Waals surface area (Å²) in [7, 11) is 0. The molecule has 60 valence electrons. The second-order valence-electron chi connectivity index (χ2n) is 2.24. The van der Waals surface area contributed by atoms with Crippen LogP contribution in [0.1, 0.15) is 25.2 Å². The Kier molecular flexibility index (Phi) is 2.70. The van der Waals surface area contributed by atoms with Gasteiger partial charge in [0.1, 0.15) is 0 Å². The summed E-state index contributed by atoms with van der Waals surface area (Å²) in [6, 6.07) is 0. The molecule has 0 aliphatic carbocycles. The van der Waals surface area contributed by atoms with Crippen LogP contribution < -0.4 is 0 Å². The van der Waals surface area contributed by atoms with Gasteiger partial charge in [0.25, 0.3) is 0 Å². The van der Waals surface area contributed by atoms with Gasteiger partial charge in [0.05, 0.1) is 11.4 Å². The molecule has 1 rings (SSSR count). The molecule has 0 bridgehead atoms. The van der Waals surface area contributed by atoms with Crippen molar-refractivity contribution in [1.29, 1.82) is 0 Å². The number of hydrogen-bond acceptors (Lipinski definition) is 3. The number of H-pyrrole nitrogens is 1. The fourth-order valence-corrected chi connectivity index (χ4v) is 1.11. The summed E-state index contributed by atoms with van der Waals surface area (Å²) in [6.07, 6.45) is 1.80. The van der Waals surface area contributed by atoms with E-state index in [1.165, 1.54) is 0 Å². The zero-order valence-electron chi connectivity index (χ0n) is 6.72. The summed E-state index contributed by atoms with van der Waals surface area (Å²) < 4.78 is 0.471. The highest BCUT2D eigenvalue weighted by molar-refractivity contribution is 7.71. The molecule has 1 heterocycles. The van der Waals surface area contributed by atoms with Gasteiger partial charge in [-0.1, -0.05) is 13.8 Å². The van der Waals surface area contributed by atoms with Gasteiger partial charge in [-0.05, 0) is 25.1 Å². The van der Waals surface area contributed by atoms with Gasteiger partial charge in [0, 0.05) is 0 Å². The van der Waals surface area contributed by atoms with Crippen LogP contribution in [0.5, 0.6) is 0 Å². The monoisotopic (exact) mass is 169 g/mol. The van der Waals surface area contributed by atoms with E-state index in [0.29, 0.717) is 4.77 Å². The van der Waals surface area contributed by atoms with Crippen molar-refractivity contribution in [3.63, 3.8) is 0 Å². The van der Waals surface area contributed by atoms with E-state index in [4.69, 9.17) is 12.2 Å². The third-order valence-corrected chi connectivity index (χ3v) is 1.71. The first-order valence-electron chi connectivity index (χ1n) is 3.72.